The van der Waals surface area contributed by atoms with Gasteiger partial charge in [0.25, 0.3) is 5.91 Å². The van der Waals surface area contributed by atoms with Crippen molar-refractivity contribution in [3.05, 3.63) is 59.9 Å². The van der Waals surface area contributed by atoms with Crippen LogP contribution in [-0.2, 0) is 14.6 Å². The average Bonchev–Trinajstić information content (AvgIpc) is 2.53. The van der Waals surface area contributed by atoms with Crippen LogP contribution in [0.15, 0.2) is 53.4 Å². The second-order valence-corrected chi connectivity index (χ2v) is 7.71. The van der Waals surface area contributed by atoms with Crippen LogP contribution < -0.4 is 5.32 Å². The number of carbonyl (C=O) groups is 1. The number of carbonyl (C=O) groups excluding carboxylic acids is 1. The van der Waals surface area contributed by atoms with E-state index in [0.717, 1.165) is 0 Å². The smallest absolute Gasteiger partial charge is 0.255 e. The number of hydrogen-bond donors (Lipinski definition) is 1. The minimum Gasteiger partial charge on any atom is -0.381 e. The molecule has 1 aliphatic rings. The molecule has 0 spiro atoms. The van der Waals surface area contributed by atoms with Crippen molar-refractivity contribution in [1.29, 1.82) is 0 Å². The van der Waals surface area contributed by atoms with E-state index in [0.29, 0.717) is 18.9 Å². The molecule has 7 heteroatoms. The van der Waals surface area contributed by atoms with Gasteiger partial charge in [-0.1, -0.05) is 6.07 Å². The van der Waals surface area contributed by atoms with Crippen LogP contribution in [0.2, 0.25) is 0 Å². The van der Waals surface area contributed by atoms with Crippen LogP contribution in [0.3, 0.4) is 0 Å². The molecule has 1 amide bonds. The first-order valence-corrected chi connectivity index (χ1v) is 9.07. The van der Waals surface area contributed by atoms with Gasteiger partial charge < -0.3 is 10.1 Å². The number of nitrogens with one attached hydrogen (secondary N) is 1. The van der Waals surface area contributed by atoms with E-state index in [1.807, 2.05) is 0 Å². The van der Waals surface area contributed by atoms with E-state index in [4.69, 9.17) is 4.74 Å². The Morgan fingerprint density at radius 2 is 1.88 bits per heavy atom. The predicted octanol–water partition coefficient (Wildman–Crippen LogP) is 2.50. The maximum absolute atomic E-state index is 12.9. The Morgan fingerprint density at radius 1 is 1.17 bits per heavy atom. The highest BCUT2D eigenvalue weighted by atomic mass is 32.2. The minimum atomic E-state index is -3.46. The Labute approximate surface area is 139 Å². The quantitative estimate of drug-likeness (QED) is 0.900. The number of rotatable bonds is 5. The summed E-state index contributed by atoms with van der Waals surface area (Å²) < 4.78 is 42.6. The number of benzene rings is 2. The Hall–Kier alpha value is -2.25. The van der Waals surface area contributed by atoms with Crippen LogP contribution in [0.1, 0.15) is 10.4 Å². The lowest BCUT2D eigenvalue weighted by molar-refractivity contribution is -0.0204. The molecule has 0 saturated carbocycles. The molecule has 0 unspecified atom stereocenters. The summed E-state index contributed by atoms with van der Waals surface area (Å²) in [5.41, 5.74) is 0.659. The molecule has 0 aliphatic carbocycles. The van der Waals surface area contributed by atoms with Crippen molar-refractivity contribution in [3.8, 4) is 0 Å². The highest BCUT2D eigenvalue weighted by Gasteiger charge is 2.27. The standard InChI is InChI=1S/C17H16FNO4S/c18-14-4-6-15(7-5-14)19-17(20)13-2-1-3-16(8-13)24(21,22)11-12-9-23-10-12/h1-8,12H,9-11H2,(H,19,20). The first kappa shape index (κ1) is 16.6. The summed E-state index contributed by atoms with van der Waals surface area (Å²) in [6.45, 7) is 0.897. The average molecular weight is 349 g/mol. The third-order valence-corrected chi connectivity index (χ3v) is 5.60. The van der Waals surface area contributed by atoms with Crippen LogP contribution in [0.5, 0.6) is 0 Å². The van der Waals surface area contributed by atoms with Crippen LogP contribution in [0.25, 0.3) is 0 Å². The molecule has 2 aromatic carbocycles. The van der Waals surface area contributed by atoms with Crippen molar-refractivity contribution in [3.63, 3.8) is 0 Å². The van der Waals surface area contributed by atoms with Gasteiger partial charge in [-0.3, -0.25) is 4.79 Å². The summed E-state index contributed by atoms with van der Waals surface area (Å²) in [5.74, 6) is -0.839. The molecule has 1 heterocycles. The summed E-state index contributed by atoms with van der Waals surface area (Å²) >= 11 is 0. The lowest BCUT2D eigenvalue weighted by Crippen LogP contribution is -2.33. The normalized spacial score (nSPS) is 14.9. The van der Waals surface area contributed by atoms with Crippen LogP contribution in [0, 0.1) is 11.7 Å². The topological polar surface area (TPSA) is 72.5 Å². The molecule has 5 nitrogen and oxygen atoms in total. The van der Waals surface area contributed by atoms with Crippen molar-refractivity contribution >= 4 is 21.4 Å². The Morgan fingerprint density at radius 3 is 2.50 bits per heavy atom. The van der Waals surface area contributed by atoms with Gasteiger partial charge in [0.1, 0.15) is 5.82 Å². The fourth-order valence-corrected chi connectivity index (χ4v) is 3.95. The van der Waals surface area contributed by atoms with E-state index in [1.54, 1.807) is 0 Å². The largest absolute Gasteiger partial charge is 0.381 e. The van der Waals surface area contributed by atoms with Crippen molar-refractivity contribution in [2.24, 2.45) is 5.92 Å². The zero-order valence-corrected chi connectivity index (χ0v) is 13.6. The van der Waals surface area contributed by atoms with Crippen molar-refractivity contribution < 1.29 is 22.3 Å². The summed E-state index contributed by atoms with van der Waals surface area (Å²) in [7, 11) is -3.46. The molecular formula is C17H16FNO4S. The first-order valence-electron chi connectivity index (χ1n) is 7.41. The van der Waals surface area contributed by atoms with E-state index >= 15 is 0 Å². The number of ether oxygens (including phenoxy) is 1. The van der Waals surface area contributed by atoms with Gasteiger partial charge in [-0.15, -0.1) is 0 Å². The summed E-state index contributed by atoms with van der Waals surface area (Å²) in [6.07, 6.45) is 0. The van der Waals surface area contributed by atoms with E-state index in [9.17, 15) is 17.6 Å². The van der Waals surface area contributed by atoms with Crippen LogP contribution in [0.4, 0.5) is 10.1 Å². The number of amides is 1. The van der Waals surface area contributed by atoms with Gasteiger partial charge in [0, 0.05) is 17.2 Å². The SMILES string of the molecule is O=C(Nc1ccc(F)cc1)c1cccc(S(=O)(=O)CC2COC2)c1. The molecule has 0 radical (unpaired) electrons. The molecule has 3 rings (SSSR count). The maximum atomic E-state index is 12.9. The van der Waals surface area contributed by atoms with Gasteiger partial charge in [0.2, 0.25) is 0 Å². The summed E-state index contributed by atoms with van der Waals surface area (Å²) in [4.78, 5) is 12.4. The van der Waals surface area contributed by atoms with E-state index in [1.165, 1.54) is 48.5 Å². The zero-order chi connectivity index (χ0) is 17.2. The molecular weight excluding hydrogens is 333 g/mol. The molecule has 0 atom stereocenters. The van der Waals surface area contributed by atoms with Crippen molar-refractivity contribution in [1.82, 2.24) is 0 Å². The van der Waals surface area contributed by atoms with Gasteiger partial charge in [0.05, 0.1) is 23.9 Å². The first-order chi connectivity index (χ1) is 11.4. The fourth-order valence-electron chi connectivity index (χ4n) is 2.35. The Balaban J connectivity index is 1.76. The Kier molecular flexibility index (Phi) is 4.64. The third-order valence-electron chi connectivity index (χ3n) is 3.72. The zero-order valence-electron chi connectivity index (χ0n) is 12.7. The van der Waals surface area contributed by atoms with Gasteiger partial charge in [-0.25, -0.2) is 12.8 Å². The molecule has 2 aromatic rings. The van der Waals surface area contributed by atoms with Gasteiger partial charge in [-0.2, -0.15) is 0 Å². The van der Waals surface area contributed by atoms with Crippen molar-refractivity contribution in [2.45, 2.75) is 4.90 Å². The molecule has 1 aliphatic heterocycles. The fraction of sp³-hybridized carbons (Fsp3) is 0.235. The second kappa shape index (κ2) is 6.70. The molecule has 0 aromatic heterocycles. The molecule has 24 heavy (non-hydrogen) atoms. The predicted molar refractivity (Wildman–Crippen MR) is 87.2 cm³/mol. The van der Waals surface area contributed by atoms with Crippen molar-refractivity contribution in [2.75, 3.05) is 24.3 Å². The summed E-state index contributed by atoms with van der Waals surface area (Å²) in [6, 6.07) is 11.2. The number of sulfone groups is 1. The molecule has 126 valence electrons. The van der Waals surface area contributed by atoms with E-state index in [-0.39, 0.29) is 22.1 Å². The van der Waals surface area contributed by atoms with E-state index in [2.05, 4.69) is 5.32 Å². The molecule has 1 fully saturated rings. The molecule has 1 N–H and O–H groups in total. The monoisotopic (exact) mass is 349 g/mol. The van der Waals surface area contributed by atoms with Crippen LogP contribution in [-0.4, -0.2) is 33.3 Å². The highest BCUT2D eigenvalue weighted by molar-refractivity contribution is 7.91. The maximum Gasteiger partial charge on any atom is 0.255 e. The second-order valence-electron chi connectivity index (χ2n) is 5.67. The lowest BCUT2D eigenvalue weighted by Gasteiger charge is -2.25. The summed E-state index contributed by atoms with van der Waals surface area (Å²) in [5, 5.41) is 2.61. The molecule has 1 saturated heterocycles. The number of hydrogen-bond acceptors (Lipinski definition) is 4. The number of anilines is 1. The Bertz CT molecular complexity index is 845. The van der Waals surface area contributed by atoms with Gasteiger partial charge in [-0.05, 0) is 42.5 Å². The molecule has 0 bridgehead atoms. The highest BCUT2D eigenvalue weighted by Crippen LogP contribution is 2.20. The number of halogens is 1. The van der Waals surface area contributed by atoms with E-state index < -0.39 is 21.6 Å². The minimum absolute atomic E-state index is 0.00620. The third kappa shape index (κ3) is 3.80. The van der Waals surface area contributed by atoms with Gasteiger partial charge >= 0.3 is 0 Å². The van der Waals surface area contributed by atoms with Gasteiger partial charge in [0.15, 0.2) is 9.84 Å². The van der Waals surface area contributed by atoms with Crippen LogP contribution >= 0.6 is 0 Å². The lowest BCUT2D eigenvalue weighted by atomic mass is 10.1.